The molecule has 26 heavy (non-hydrogen) atoms. The second-order valence-corrected chi connectivity index (χ2v) is 14.4. The molecule has 1 amide bonds. The molecule has 1 fully saturated rings. The number of amides is 1. The molecule has 1 aromatic carbocycles. The van der Waals surface area contributed by atoms with Crippen molar-refractivity contribution in [3.63, 3.8) is 0 Å². The number of rotatable bonds is 5. The van der Waals surface area contributed by atoms with Gasteiger partial charge in [-0.15, -0.1) is 0 Å². The molecule has 0 N–H and O–H groups in total. The molecule has 0 aliphatic carbocycles. The highest BCUT2D eigenvalue weighted by molar-refractivity contribution is 9.10. The van der Waals surface area contributed by atoms with Crippen molar-refractivity contribution < 1.29 is 9.22 Å². The molecule has 0 saturated carbocycles. The SMILES string of the molecule is CC(C)[Si](OC(=O)N1CCN(c2ccc(Br)cc2)CC1)(C(C)C)C(C)C. The number of anilines is 1. The van der Waals surface area contributed by atoms with Gasteiger partial charge in [0.05, 0.1) is 0 Å². The first kappa shape index (κ1) is 21.3. The van der Waals surface area contributed by atoms with Gasteiger partial charge in [-0.3, -0.25) is 0 Å². The van der Waals surface area contributed by atoms with Crippen molar-refractivity contribution in [3.05, 3.63) is 28.7 Å². The van der Waals surface area contributed by atoms with Gasteiger partial charge < -0.3 is 14.2 Å². The molecule has 6 heteroatoms. The van der Waals surface area contributed by atoms with E-state index in [0.717, 1.165) is 17.6 Å². The standard InChI is InChI=1S/C20H33BrN2O2Si/c1-15(2)26(16(3)4,17(5)6)25-20(24)23-13-11-22(12-14-23)19-9-7-18(21)8-10-19/h7-10,15-17H,11-14H2,1-6H3. The largest absolute Gasteiger partial charge is 0.503 e. The number of halogens is 1. The smallest absolute Gasteiger partial charge is 0.396 e. The number of hydrogen-bond donors (Lipinski definition) is 0. The molecule has 1 heterocycles. The van der Waals surface area contributed by atoms with E-state index in [4.69, 9.17) is 4.43 Å². The van der Waals surface area contributed by atoms with E-state index in [2.05, 4.69) is 86.6 Å². The van der Waals surface area contributed by atoms with E-state index in [1.54, 1.807) is 0 Å². The first-order valence-corrected chi connectivity index (χ1v) is 12.6. The van der Waals surface area contributed by atoms with Crippen molar-refractivity contribution in [1.82, 2.24) is 4.90 Å². The van der Waals surface area contributed by atoms with E-state index < -0.39 is 8.32 Å². The highest BCUT2D eigenvalue weighted by Crippen LogP contribution is 2.42. The maximum atomic E-state index is 12.9. The maximum absolute atomic E-state index is 12.9. The lowest BCUT2D eigenvalue weighted by Gasteiger charge is -2.43. The average molecular weight is 441 g/mol. The van der Waals surface area contributed by atoms with Gasteiger partial charge in [0.1, 0.15) is 0 Å². The van der Waals surface area contributed by atoms with Gasteiger partial charge in [0.25, 0.3) is 8.32 Å². The summed E-state index contributed by atoms with van der Waals surface area (Å²) >= 11 is 3.48. The Kier molecular flexibility index (Phi) is 7.19. The van der Waals surface area contributed by atoms with Crippen molar-refractivity contribution in [3.8, 4) is 0 Å². The van der Waals surface area contributed by atoms with E-state index in [0.29, 0.717) is 29.7 Å². The van der Waals surface area contributed by atoms with Crippen LogP contribution in [0.4, 0.5) is 10.5 Å². The lowest BCUT2D eigenvalue weighted by molar-refractivity contribution is 0.142. The second-order valence-electron chi connectivity index (χ2n) is 8.14. The summed E-state index contributed by atoms with van der Waals surface area (Å²) < 4.78 is 7.40. The molecule has 0 aromatic heterocycles. The maximum Gasteiger partial charge on any atom is 0.396 e. The number of nitrogens with zero attached hydrogens (tertiary/aromatic N) is 2. The van der Waals surface area contributed by atoms with Crippen molar-refractivity contribution in [2.45, 2.75) is 58.2 Å². The second kappa shape index (κ2) is 8.78. The van der Waals surface area contributed by atoms with Crippen molar-refractivity contribution >= 4 is 36.0 Å². The predicted molar refractivity (Wildman–Crippen MR) is 115 cm³/mol. The molecule has 1 aliphatic heterocycles. The van der Waals surface area contributed by atoms with Crippen LogP contribution in [0.5, 0.6) is 0 Å². The van der Waals surface area contributed by atoms with Crippen LogP contribution in [0.25, 0.3) is 0 Å². The average Bonchev–Trinajstić information content (AvgIpc) is 2.59. The normalized spacial score (nSPS) is 15.9. The van der Waals surface area contributed by atoms with Crippen LogP contribution in [-0.2, 0) is 4.43 Å². The Morgan fingerprint density at radius 1 is 0.923 bits per heavy atom. The minimum absolute atomic E-state index is 0.108. The highest BCUT2D eigenvalue weighted by atomic mass is 79.9. The number of carbonyl (C=O) groups excluding carboxylic acids is 1. The molecule has 1 aliphatic rings. The van der Waals surface area contributed by atoms with E-state index in [1.807, 2.05) is 4.90 Å². The van der Waals surface area contributed by atoms with Gasteiger partial charge >= 0.3 is 6.09 Å². The molecule has 0 spiro atoms. The highest BCUT2D eigenvalue weighted by Gasteiger charge is 2.49. The van der Waals surface area contributed by atoms with Crippen LogP contribution in [-0.4, -0.2) is 45.5 Å². The van der Waals surface area contributed by atoms with E-state index >= 15 is 0 Å². The zero-order valence-corrected chi connectivity index (χ0v) is 19.5. The summed E-state index contributed by atoms with van der Waals surface area (Å²) in [6.45, 7) is 16.4. The Balaban J connectivity index is 2.02. The first-order valence-electron chi connectivity index (χ1n) is 9.66. The molecule has 4 nitrogen and oxygen atoms in total. The summed E-state index contributed by atoms with van der Waals surface area (Å²) in [5.41, 5.74) is 2.44. The molecule has 0 radical (unpaired) electrons. The van der Waals surface area contributed by atoms with Crippen LogP contribution in [0, 0.1) is 0 Å². The minimum atomic E-state index is -2.17. The first-order chi connectivity index (χ1) is 12.2. The molecule has 1 saturated heterocycles. The molecule has 0 bridgehead atoms. The fourth-order valence-corrected chi connectivity index (χ4v) is 9.77. The molecular formula is C20H33BrN2O2Si. The number of piperazine rings is 1. The molecular weight excluding hydrogens is 408 g/mol. The van der Waals surface area contributed by atoms with Gasteiger partial charge in [0.2, 0.25) is 0 Å². The van der Waals surface area contributed by atoms with Gasteiger partial charge in [-0.25, -0.2) is 4.79 Å². The molecule has 0 unspecified atom stereocenters. The van der Waals surface area contributed by atoms with Crippen LogP contribution in [0.3, 0.4) is 0 Å². The fourth-order valence-electron chi connectivity index (χ4n) is 4.37. The number of carbonyl (C=O) groups is 1. The van der Waals surface area contributed by atoms with E-state index in [9.17, 15) is 4.79 Å². The molecule has 1 aromatic rings. The summed E-state index contributed by atoms with van der Waals surface area (Å²) in [5.74, 6) is 0. The van der Waals surface area contributed by atoms with Gasteiger partial charge in [-0.05, 0) is 40.9 Å². The van der Waals surface area contributed by atoms with Crippen molar-refractivity contribution in [1.29, 1.82) is 0 Å². The third kappa shape index (κ3) is 4.45. The third-order valence-electron chi connectivity index (χ3n) is 5.70. The molecule has 2 rings (SSSR count). The number of benzene rings is 1. The zero-order chi connectivity index (χ0) is 19.5. The summed E-state index contributed by atoms with van der Waals surface area (Å²) in [5, 5.41) is 0. The quantitative estimate of drug-likeness (QED) is 0.535. The molecule has 146 valence electrons. The van der Waals surface area contributed by atoms with Gasteiger partial charge in [0, 0.05) is 36.3 Å². The Labute approximate surface area is 168 Å². The molecule has 0 atom stereocenters. The van der Waals surface area contributed by atoms with Crippen molar-refractivity contribution in [2.24, 2.45) is 0 Å². The monoisotopic (exact) mass is 440 g/mol. The fraction of sp³-hybridized carbons (Fsp3) is 0.650. The minimum Gasteiger partial charge on any atom is -0.503 e. The van der Waals surface area contributed by atoms with Gasteiger partial charge in [0.15, 0.2) is 0 Å². The van der Waals surface area contributed by atoms with Crippen molar-refractivity contribution in [2.75, 3.05) is 31.1 Å². The Hall–Kier alpha value is -1.01. The summed E-state index contributed by atoms with van der Waals surface area (Å²) in [4.78, 5) is 17.1. The van der Waals surface area contributed by atoms with Crippen LogP contribution >= 0.6 is 15.9 Å². The third-order valence-corrected chi connectivity index (χ3v) is 12.2. The topological polar surface area (TPSA) is 32.8 Å². The summed E-state index contributed by atoms with van der Waals surface area (Å²) in [6.07, 6.45) is -0.108. The Morgan fingerprint density at radius 2 is 1.38 bits per heavy atom. The van der Waals surface area contributed by atoms with Crippen LogP contribution in [0.2, 0.25) is 16.6 Å². The predicted octanol–water partition coefficient (Wildman–Crippen LogP) is 5.88. The lowest BCUT2D eigenvalue weighted by Crippen LogP contribution is -2.55. The van der Waals surface area contributed by atoms with Crippen LogP contribution in [0.1, 0.15) is 41.5 Å². The van der Waals surface area contributed by atoms with Crippen LogP contribution in [0.15, 0.2) is 28.7 Å². The number of hydrogen-bond acceptors (Lipinski definition) is 3. The summed E-state index contributed by atoms with van der Waals surface area (Å²) in [7, 11) is -2.17. The van der Waals surface area contributed by atoms with Crippen LogP contribution < -0.4 is 4.90 Å². The lowest BCUT2D eigenvalue weighted by atomic mass is 10.2. The summed E-state index contributed by atoms with van der Waals surface area (Å²) in [6, 6.07) is 8.35. The van der Waals surface area contributed by atoms with E-state index in [1.165, 1.54) is 5.69 Å². The van der Waals surface area contributed by atoms with Gasteiger partial charge in [-0.2, -0.15) is 0 Å². The van der Waals surface area contributed by atoms with E-state index in [-0.39, 0.29) is 6.09 Å². The van der Waals surface area contributed by atoms with Gasteiger partial charge in [-0.1, -0.05) is 57.5 Å². The Bertz CT molecular complexity index is 575. The zero-order valence-electron chi connectivity index (χ0n) is 17.0. The Morgan fingerprint density at radius 3 is 1.81 bits per heavy atom.